The molecule has 204 valence electrons. The van der Waals surface area contributed by atoms with Gasteiger partial charge in [-0.05, 0) is 75.1 Å². The van der Waals surface area contributed by atoms with Gasteiger partial charge in [0, 0.05) is 25.6 Å². The number of benzene rings is 2. The Labute approximate surface area is 219 Å². The van der Waals surface area contributed by atoms with Crippen molar-refractivity contribution in [3.63, 3.8) is 0 Å². The normalized spacial score (nSPS) is 14.9. The Morgan fingerprint density at radius 1 is 0.919 bits per heavy atom. The van der Waals surface area contributed by atoms with Crippen molar-refractivity contribution < 1.29 is 31.1 Å². The third-order valence-corrected chi connectivity index (χ3v) is 9.52. The van der Waals surface area contributed by atoms with Crippen LogP contribution in [0, 0.1) is 0 Å². The zero-order valence-corrected chi connectivity index (χ0v) is 23.2. The number of rotatable bonds is 11. The lowest BCUT2D eigenvalue weighted by atomic mass is 10.1. The summed E-state index contributed by atoms with van der Waals surface area (Å²) in [4.78, 5) is 13.0. The molecule has 0 unspecified atom stereocenters. The molecule has 0 saturated carbocycles. The zero-order chi connectivity index (χ0) is 27.2. The number of sulfonamides is 2. The molecule has 1 saturated heterocycles. The van der Waals surface area contributed by atoms with Crippen LogP contribution in [0.5, 0.6) is 11.5 Å². The van der Waals surface area contributed by atoms with Gasteiger partial charge in [0.1, 0.15) is 11.5 Å². The highest BCUT2D eigenvalue weighted by Gasteiger charge is 2.27. The standard InChI is InChI=1S/C25H35N3O7S2/c1-18(2)27-36(30,31)20-9-12-24(35-4)22(17-20)26-25(29)13-8-19-16-21(10-11-23(19)34-3)37(32,33)28-14-6-5-7-15-28/h9-12,16-18,27H,5-8,13-15H2,1-4H3,(H,26,29). The Morgan fingerprint density at radius 3 is 2.16 bits per heavy atom. The number of carbonyl (C=O) groups is 1. The molecule has 2 aromatic carbocycles. The Kier molecular flexibility index (Phi) is 9.57. The number of ether oxygens (including phenoxy) is 2. The highest BCUT2D eigenvalue weighted by atomic mass is 32.2. The van der Waals surface area contributed by atoms with Crippen molar-refractivity contribution in [2.45, 2.75) is 61.8 Å². The highest BCUT2D eigenvalue weighted by Crippen LogP contribution is 2.29. The maximum atomic E-state index is 13.1. The number of nitrogens with zero attached hydrogens (tertiary/aromatic N) is 1. The lowest BCUT2D eigenvalue weighted by molar-refractivity contribution is -0.116. The van der Waals surface area contributed by atoms with Gasteiger partial charge in [-0.2, -0.15) is 4.31 Å². The van der Waals surface area contributed by atoms with Gasteiger partial charge in [0.05, 0.1) is 29.7 Å². The summed E-state index contributed by atoms with van der Waals surface area (Å²) in [6, 6.07) is 8.60. The van der Waals surface area contributed by atoms with Gasteiger partial charge in [0.2, 0.25) is 26.0 Å². The molecule has 1 fully saturated rings. The number of piperidine rings is 1. The van der Waals surface area contributed by atoms with Crippen molar-refractivity contribution in [3.8, 4) is 11.5 Å². The van der Waals surface area contributed by atoms with E-state index in [0.29, 0.717) is 30.2 Å². The van der Waals surface area contributed by atoms with Crippen molar-refractivity contribution in [3.05, 3.63) is 42.0 Å². The van der Waals surface area contributed by atoms with Gasteiger partial charge in [-0.3, -0.25) is 4.79 Å². The molecule has 3 rings (SSSR count). The first kappa shape index (κ1) is 28.9. The van der Waals surface area contributed by atoms with Gasteiger partial charge in [-0.1, -0.05) is 6.42 Å². The Bertz CT molecular complexity index is 1320. The van der Waals surface area contributed by atoms with Gasteiger partial charge in [-0.25, -0.2) is 21.6 Å². The van der Waals surface area contributed by atoms with Crippen LogP contribution in [0.2, 0.25) is 0 Å². The first-order chi connectivity index (χ1) is 17.5. The summed E-state index contributed by atoms with van der Waals surface area (Å²) in [5.41, 5.74) is 0.799. The van der Waals surface area contributed by atoms with Crippen LogP contribution in [0.25, 0.3) is 0 Å². The van der Waals surface area contributed by atoms with E-state index in [1.165, 1.54) is 42.8 Å². The summed E-state index contributed by atoms with van der Waals surface area (Å²) < 4.78 is 66.0. The summed E-state index contributed by atoms with van der Waals surface area (Å²) >= 11 is 0. The minimum atomic E-state index is -3.77. The molecule has 1 amide bonds. The lowest BCUT2D eigenvalue weighted by Gasteiger charge is -2.26. The van der Waals surface area contributed by atoms with Gasteiger partial charge in [0.15, 0.2) is 0 Å². The second kappa shape index (κ2) is 12.2. The number of nitrogens with one attached hydrogen (secondary N) is 2. The second-order valence-corrected chi connectivity index (χ2v) is 12.8. The molecule has 0 spiro atoms. The van der Waals surface area contributed by atoms with Crippen LogP contribution >= 0.6 is 0 Å². The summed E-state index contributed by atoms with van der Waals surface area (Å²) in [7, 11) is -4.50. The van der Waals surface area contributed by atoms with Crippen molar-refractivity contribution in [2.75, 3.05) is 32.6 Å². The van der Waals surface area contributed by atoms with Crippen LogP contribution in [-0.2, 0) is 31.3 Å². The number of hydrogen-bond acceptors (Lipinski definition) is 7. The van der Waals surface area contributed by atoms with Crippen molar-refractivity contribution in [1.82, 2.24) is 9.03 Å². The largest absolute Gasteiger partial charge is 0.496 e. The van der Waals surface area contributed by atoms with Crippen LogP contribution in [-0.4, -0.2) is 60.4 Å². The number of hydrogen-bond donors (Lipinski definition) is 2. The van der Waals surface area contributed by atoms with Gasteiger partial charge in [-0.15, -0.1) is 0 Å². The second-order valence-electron chi connectivity index (χ2n) is 9.12. The molecule has 0 aromatic heterocycles. The fourth-order valence-corrected chi connectivity index (χ4v) is 7.00. The molecule has 2 N–H and O–H groups in total. The third kappa shape index (κ3) is 7.22. The van der Waals surface area contributed by atoms with E-state index in [0.717, 1.165) is 19.3 Å². The van der Waals surface area contributed by atoms with E-state index >= 15 is 0 Å². The summed E-state index contributed by atoms with van der Waals surface area (Å²) in [6.07, 6.45) is 2.91. The van der Waals surface area contributed by atoms with Crippen LogP contribution in [0.15, 0.2) is 46.2 Å². The topological polar surface area (TPSA) is 131 Å². The average Bonchev–Trinajstić information content (AvgIpc) is 2.87. The maximum absolute atomic E-state index is 13.1. The van der Waals surface area contributed by atoms with Gasteiger partial charge < -0.3 is 14.8 Å². The van der Waals surface area contributed by atoms with Crippen LogP contribution in [0.3, 0.4) is 0 Å². The Morgan fingerprint density at radius 2 is 1.54 bits per heavy atom. The zero-order valence-electron chi connectivity index (χ0n) is 21.6. The summed E-state index contributed by atoms with van der Waals surface area (Å²) in [5.74, 6) is 0.399. The van der Waals surface area contributed by atoms with Crippen molar-refractivity contribution in [1.29, 1.82) is 0 Å². The molecule has 2 aromatic rings. The van der Waals surface area contributed by atoms with Crippen molar-refractivity contribution >= 4 is 31.6 Å². The van der Waals surface area contributed by atoms with E-state index in [1.54, 1.807) is 26.0 Å². The molecule has 0 aliphatic carbocycles. The fourth-order valence-electron chi connectivity index (χ4n) is 4.16. The van der Waals surface area contributed by atoms with Crippen molar-refractivity contribution in [2.24, 2.45) is 0 Å². The molecule has 1 aliphatic rings. The van der Waals surface area contributed by atoms with Gasteiger partial charge in [0.25, 0.3) is 0 Å². The number of methoxy groups -OCH3 is 2. The van der Waals surface area contributed by atoms with E-state index in [4.69, 9.17) is 9.47 Å². The molecule has 0 radical (unpaired) electrons. The average molecular weight is 554 g/mol. The first-order valence-corrected chi connectivity index (χ1v) is 15.1. The Balaban J connectivity index is 1.77. The molecule has 0 bridgehead atoms. The maximum Gasteiger partial charge on any atom is 0.243 e. The molecule has 0 atom stereocenters. The Hall–Kier alpha value is -2.67. The predicted molar refractivity (Wildman–Crippen MR) is 141 cm³/mol. The molecule has 1 heterocycles. The molecular weight excluding hydrogens is 518 g/mol. The molecule has 10 nitrogen and oxygen atoms in total. The van der Waals surface area contributed by atoms with Crippen LogP contribution < -0.4 is 19.5 Å². The molecule has 37 heavy (non-hydrogen) atoms. The minimum Gasteiger partial charge on any atom is -0.496 e. The number of aryl methyl sites for hydroxylation is 1. The minimum absolute atomic E-state index is 0.00501. The predicted octanol–water partition coefficient (Wildman–Crippen LogP) is 3.14. The van der Waals surface area contributed by atoms with E-state index in [1.807, 2.05) is 0 Å². The smallest absolute Gasteiger partial charge is 0.243 e. The summed E-state index contributed by atoms with van der Waals surface area (Å²) in [5, 5.41) is 2.71. The highest BCUT2D eigenvalue weighted by molar-refractivity contribution is 7.89. The summed E-state index contributed by atoms with van der Waals surface area (Å²) in [6.45, 7) is 4.42. The fraction of sp³-hybridized carbons (Fsp3) is 0.480. The molecular formula is C25H35N3O7S2. The molecule has 1 aliphatic heterocycles. The van der Waals surface area contributed by atoms with E-state index in [-0.39, 0.29) is 34.4 Å². The monoisotopic (exact) mass is 553 g/mol. The van der Waals surface area contributed by atoms with E-state index in [2.05, 4.69) is 10.0 Å². The molecule has 12 heteroatoms. The SMILES string of the molecule is COc1ccc(S(=O)(=O)N2CCCCC2)cc1CCC(=O)Nc1cc(S(=O)(=O)NC(C)C)ccc1OC. The number of carbonyl (C=O) groups excluding carboxylic acids is 1. The van der Waals surface area contributed by atoms with Crippen LogP contribution in [0.4, 0.5) is 5.69 Å². The van der Waals surface area contributed by atoms with E-state index < -0.39 is 26.0 Å². The number of anilines is 1. The van der Waals surface area contributed by atoms with Gasteiger partial charge >= 0.3 is 0 Å². The van der Waals surface area contributed by atoms with Crippen LogP contribution in [0.1, 0.15) is 45.1 Å². The quantitative estimate of drug-likeness (QED) is 0.437. The number of amides is 1. The van der Waals surface area contributed by atoms with E-state index in [9.17, 15) is 21.6 Å². The lowest BCUT2D eigenvalue weighted by Crippen LogP contribution is -2.35. The third-order valence-electron chi connectivity index (χ3n) is 5.97. The first-order valence-electron chi connectivity index (χ1n) is 12.1.